The van der Waals surface area contributed by atoms with Gasteiger partial charge in [0.15, 0.2) is 5.69 Å². The van der Waals surface area contributed by atoms with Crippen LogP contribution in [0.3, 0.4) is 0 Å². The zero-order chi connectivity index (χ0) is 27.7. The van der Waals surface area contributed by atoms with E-state index in [-0.39, 0.29) is 11.6 Å². The van der Waals surface area contributed by atoms with Crippen LogP contribution in [0.5, 0.6) is 5.75 Å². The van der Waals surface area contributed by atoms with Gasteiger partial charge in [0.05, 0.1) is 36.5 Å². The molecule has 6 rings (SSSR count). The van der Waals surface area contributed by atoms with Gasteiger partial charge in [-0.15, -0.1) is 0 Å². The Kier molecular flexibility index (Phi) is 6.97. The lowest BCUT2D eigenvalue weighted by Crippen LogP contribution is -2.58. The number of fused-ring (bicyclic) bond motifs is 1. The van der Waals surface area contributed by atoms with Gasteiger partial charge in [0, 0.05) is 49.0 Å². The van der Waals surface area contributed by atoms with Crippen molar-refractivity contribution in [2.45, 2.75) is 56.3 Å². The average Bonchev–Trinajstić information content (AvgIpc) is 3.61. The molecule has 3 aromatic heterocycles. The molecule has 10 nitrogen and oxygen atoms in total. The third-order valence-corrected chi connectivity index (χ3v) is 8.21. The van der Waals surface area contributed by atoms with E-state index in [4.69, 9.17) is 16.4 Å². The zero-order valence-corrected chi connectivity index (χ0v) is 22.9. The lowest BCUT2D eigenvalue weighted by atomic mass is 9.69. The molecule has 0 unspecified atom stereocenters. The molecule has 0 atom stereocenters. The maximum atomic E-state index is 9.68. The molecule has 4 aromatic rings. The molecular weight excluding hydrogens is 502 g/mol. The fourth-order valence-corrected chi connectivity index (χ4v) is 6.23. The Bertz CT molecular complexity index is 1580. The molecule has 204 valence electrons. The number of nitrogens with one attached hydrogen (secondary N) is 1. The summed E-state index contributed by atoms with van der Waals surface area (Å²) in [5, 5.41) is 15.3. The van der Waals surface area contributed by atoms with E-state index in [2.05, 4.69) is 41.7 Å². The monoisotopic (exact) mass is 535 g/mol. The fourth-order valence-electron chi connectivity index (χ4n) is 6.23. The van der Waals surface area contributed by atoms with Gasteiger partial charge in [0.25, 0.3) is 0 Å². The van der Waals surface area contributed by atoms with Crippen LogP contribution in [-0.4, -0.2) is 73.9 Å². The Morgan fingerprint density at radius 3 is 2.80 bits per heavy atom. The number of piperidine rings is 1. The number of hydrogen-bond acceptors (Lipinski definition) is 7. The van der Waals surface area contributed by atoms with E-state index in [0.717, 1.165) is 78.9 Å². The van der Waals surface area contributed by atoms with Gasteiger partial charge >= 0.3 is 0 Å². The smallest absolute Gasteiger partial charge is 0.191 e. The molecule has 1 aromatic carbocycles. The van der Waals surface area contributed by atoms with E-state index < -0.39 is 0 Å². The molecule has 0 bridgehead atoms. The lowest BCUT2D eigenvalue weighted by Gasteiger charge is -2.52. The van der Waals surface area contributed by atoms with Crippen LogP contribution in [0, 0.1) is 17.9 Å². The summed E-state index contributed by atoms with van der Waals surface area (Å²) in [6.07, 6.45) is 11.6. The summed E-state index contributed by atoms with van der Waals surface area (Å²) in [5.41, 5.74) is 3.99. The highest BCUT2D eigenvalue weighted by Crippen LogP contribution is 2.45. The minimum absolute atomic E-state index is 0.139. The van der Waals surface area contributed by atoms with Gasteiger partial charge in [-0.25, -0.2) is 14.8 Å². The Hall–Kier alpha value is -4.25. The standard InChI is InChI=1S/C30H33N9O/c1-32-23-12-21(18-37(2)3)13-26(14-23)40-25-5-10-38(11-6-25)24-15-30(16-24,7-8-31)39-19-22(17-36-39)28-27-4-9-33-29(27)35-20-34-28/h4,9,12-14,17,19-20,24-25H,5-7,10-11,15-16,18H2,2-3H3,(H,33,34,35). The Morgan fingerprint density at radius 2 is 2.05 bits per heavy atom. The van der Waals surface area contributed by atoms with Crippen LogP contribution in [-0.2, 0) is 12.1 Å². The van der Waals surface area contributed by atoms with Crippen molar-refractivity contribution < 1.29 is 4.74 Å². The van der Waals surface area contributed by atoms with Gasteiger partial charge in [-0.1, -0.05) is 6.07 Å². The summed E-state index contributed by atoms with van der Waals surface area (Å²) in [6, 6.07) is 10.7. The molecule has 2 fully saturated rings. The van der Waals surface area contributed by atoms with Gasteiger partial charge in [0.1, 0.15) is 23.8 Å². The van der Waals surface area contributed by atoms with Crippen molar-refractivity contribution in [3.05, 3.63) is 66.2 Å². The van der Waals surface area contributed by atoms with E-state index in [1.807, 2.05) is 55.6 Å². The van der Waals surface area contributed by atoms with E-state index in [0.29, 0.717) is 18.2 Å². The number of ether oxygens (including phenoxy) is 1. The van der Waals surface area contributed by atoms with Crippen LogP contribution < -0.4 is 4.74 Å². The number of nitriles is 1. The maximum absolute atomic E-state index is 9.68. The number of benzene rings is 1. The third kappa shape index (κ3) is 5.04. The Morgan fingerprint density at radius 1 is 1.23 bits per heavy atom. The molecule has 2 aliphatic rings. The topological polar surface area (TPSA) is 103 Å². The number of likely N-dealkylation sites (tertiary alicyclic amines) is 1. The second kappa shape index (κ2) is 10.7. The van der Waals surface area contributed by atoms with Crippen molar-refractivity contribution in [3.8, 4) is 23.1 Å². The summed E-state index contributed by atoms with van der Waals surface area (Å²) >= 11 is 0. The van der Waals surface area contributed by atoms with E-state index in [1.165, 1.54) is 0 Å². The summed E-state index contributed by atoms with van der Waals surface area (Å²) in [4.78, 5) is 20.2. The van der Waals surface area contributed by atoms with Crippen LogP contribution in [0.1, 0.15) is 37.7 Å². The predicted molar refractivity (Wildman–Crippen MR) is 152 cm³/mol. The molecule has 1 N–H and O–H groups in total. The number of H-pyrrole nitrogens is 1. The van der Waals surface area contributed by atoms with Crippen molar-refractivity contribution in [2.24, 2.45) is 0 Å². The molecule has 0 amide bonds. The van der Waals surface area contributed by atoms with Crippen LogP contribution in [0.2, 0.25) is 0 Å². The van der Waals surface area contributed by atoms with Crippen LogP contribution in [0.4, 0.5) is 5.69 Å². The van der Waals surface area contributed by atoms with Crippen molar-refractivity contribution >= 4 is 16.7 Å². The van der Waals surface area contributed by atoms with E-state index in [1.54, 1.807) is 6.33 Å². The number of hydrogen-bond donors (Lipinski definition) is 1. The Labute approximate surface area is 234 Å². The first kappa shape index (κ1) is 26.0. The van der Waals surface area contributed by atoms with Crippen molar-refractivity contribution in [2.75, 3.05) is 27.2 Å². The van der Waals surface area contributed by atoms with Gasteiger partial charge in [-0.2, -0.15) is 10.4 Å². The molecule has 0 radical (unpaired) electrons. The third-order valence-electron chi connectivity index (χ3n) is 8.21. The first-order valence-corrected chi connectivity index (χ1v) is 13.7. The van der Waals surface area contributed by atoms with E-state index in [9.17, 15) is 5.26 Å². The molecule has 1 aliphatic heterocycles. The molecule has 0 spiro atoms. The zero-order valence-electron chi connectivity index (χ0n) is 22.9. The lowest BCUT2D eigenvalue weighted by molar-refractivity contribution is -0.0207. The minimum atomic E-state index is -0.293. The van der Waals surface area contributed by atoms with Crippen molar-refractivity contribution in [1.82, 2.24) is 34.5 Å². The second-order valence-electron chi connectivity index (χ2n) is 11.3. The number of nitrogens with zero attached hydrogens (tertiary/aromatic N) is 8. The highest BCUT2D eigenvalue weighted by Gasteiger charge is 2.49. The normalized spacial score (nSPS) is 21.7. The molecular formula is C30H33N9O. The highest BCUT2D eigenvalue weighted by molar-refractivity contribution is 5.90. The SMILES string of the molecule is [C-]#[N+]c1cc(CN(C)C)cc(OC2CCN(C3CC(CC#N)(n4cc(-c5ncnc6[nH]ccc56)cn4)C3)CC2)c1. The first-order chi connectivity index (χ1) is 19.5. The first-order valence-electron chi connectivity index (χ1n) is 13.7. The molecule has 1 saturated carbocycles. The summed E-state index contributed by atoms with van der Waals surface area (Å²) in [5.74, 6) is 0.788. The fraction of sp³-hybridized carbons (Fsp3) is 0.433. The van der Waals surface area contributed by atoms with Crippen molar-refractivity contribution in [3.63, 3.8) is 0 Å². The number of aromatic amines is 1. The van der Waals surface area contributed by atoms with Crippen LogP contribution >= 0.6 is 0 Å². The van der Waals surface area contributed by atoms with Gasteiger partial charge in [0.2, 0.25) is 0 Å². The Balaban J connectivity index is 1.09. The predicted octanol–water partition coefficient (Wildman–Crippen LogP) is 4.75. The molecule has 1 aliphatic carbocycles. The van der Waals surface area contributed by atoms with Crippen LogP contribution in [0.25, 0.3) is 27.1 Å². The molecule has 40 heavy (non-hydrogen) atoms. The quantitative estimate of drug-likeness (QED) is 0.325. The summed E-state index contributed by atoms with van der Waals surface area (Å²) in [7, 11) is 4.05. The molecule has 1 saturated heterocycles. The maximum Gasteiger partial charge on any atom is 0.191 e. The number of rotatable bonds is 8. The van der Waals surface area contributed by atoms with E-state index >= 15 is 0 Å². The second-order valence-corrected chi connectivity index (χ2v) is 11.3. The molecule has 10 heteroatoms. The summed E-state index contributed by atoms with van der Waals surface area (Å²) < 4.78 is 8.35. The van der Waals surface area contributed by atoms with Gasteiger partial charge < -0.3 is 14.6 Å². The number of aromatic nitrogens is 5. The minimum Gasteiger partial charge on any atom is -0.492 e. The van der Waals surface area contributed by atoms with Gasteiger partial charge in [-0.3, -0.25) is 9.58 Å². The largest absolute Gasteiger partial charge is 0.492 e. The molecule has 4 heterocycles. The summed E-state index contributed by atoms with van der Waals surface area (Å²) in [6.45, 7) is 10.1. The average molecular weight is 536 g/mol. The van der Waals surface area contributed by atoms with Crippen LogP contribution in [0.15, 0.2) is 49.2 Å². The highest BCUT2D eigenvalue weighted by atomic mass is 16.5. The van der Waals surface area contributed by atoms with Gasteiger partial charge in [-0.05, 0) is 63.5 Å². The van der Waals surface area contributed by atoms with Crippen molar-refractivity contribution in [1.29, 1.82) is 5.26 Å².